The Morgan fingerprint density at radius 2 is 1.26 bits per heavy atom. The zero-order valence-corrected chi connectivity index (χ0v) is 19.2. The summed E-state index contributed by atoms with van der Waals surface area (Å²) >= 11 is 0. The van der Waals surface area contributed by atoms with Gasteiger partial charge in [-0.1, -0.05) is 57.8 Å². The van der Waals surface area contributed by atoms with Crippen molar-refractivity contribution < 1.29 is 19.1 Å². The molecule has 6 nitrogen and oxygen atoms in total. The van der Waals surface area contributed by atoms with E-state index in [-0.39, 0.29) is 35.5 Å². The van der Waals surface area contributed by atoms with Crippen LogP contribution in [0.5, 0.6) is 0 Å². The fourth-order valence-electron chi connectivity index (χ4n) is 6.26. The maximum absolute atomic E-state index is 12.6. The van der Waals surface area contributed by atoms with Gasteiger partial charge in [0.2, 0.25) is 11.8 Å². The Morgan fingerprint density at radius 3 is 1.84 bits per heavy atom. The Kier molecular flexibility index (Phi) is 7.91. The van der Waals surface area contributed by atoms with Gasteiger partial charge in [-0.3, -0.25) is 9.59 Å². The maximum Gasteiger partial charge on any atom is 0.246 e. The summed E-state index contributed by atoms with van der Waals surface area (Å²) in [4.78, 5) is 25.0. The smallest absolute Gasteiger partial charge is 0.246 e. The van der Waals surface area contributed by atoms with Crippen LogP contribution in [0.2, 0.25) is 0 Å². The van der Waals surface area contributed by atoms with E-state index >= 15 is 0 Å². The highest BCUT2D eigenvalue weighted by Crippen LogP contribution is 2.67. The molecule has 6 heteroatoms. The summed E-state index contributed by atoms with van der Waals surface area (Å²) in [6.45, 7) is 1.35. The van der Waals surface area contributed by atoms with E-state index in [1.165, 1.54) is 57.8 Å². The van der Waals surface area contributed by atoms with Crippen LogP contribution >= 0.6 is 0 Å². The highest BCUT2D eigenvalue weighted by atomic mass is 16.5. The van der Waals surface area contributed by atoms with Crippen LogP contribution in [0, 0.1) is 5.41 Å². The molecular formula is C25H42N2O4. The maximum atomic E-state index is 12.6. The standard InChI is InChI=1S/C25H42N2O4/c28-22(16-31-21-12-8-4-5-9-13-21)27-25-17-24(18-25,19-25)23(29)26-14-15-30-20-10-6-2-1-3-7-11-20/h20-21H,1-19H2,(H,26,29)(H,27,28). The zero-order valence-electron chi connectivity index (χ0n) is 19.2. The Labute approximate surface area is 187 Å². The molecule has 0 aliphatic heterocycles. The third kappa shape index (κ3) is 6.01. The summed E-state index contributed by atoms with van der Waals surface area (Å²) in [5, 5.41) is 6.22. The summed E-state index contributed by atoms with van der Waals surface area (Å²) in [5.74, 6) is 0.116. The molecule has 0 atom stereocenters. The van der Waals surface area contributed by atoms with Crippen LogP contribution in [0.15, 0.2) is 0 Å². The van der Waals surface area contributed by atoms with Crippen LogP contribution in [0.25, 0.3) is 0 Å². The Bertz CT molecular complexity index is 587. The van der Waals surface area contributed by atoms with Crippen molar-refractivity contribution in [1.82, 2.24) is 10.6 Å². The lowest BCUT2D eigenvalue weighted by molar-refractivity contribution is -0.184. The minimum Gasteiger partial charge on any atom is -0.376 e. The average Bonchev–Trinajstić information content (AvgIpc) is 2.95. The fraction of sp³-hybridized carbons (Fsp3) is 0.920. The van der Waals surface area contributed by atoms with Gasteiger partial charge in [0, 0.05) is 12.1 Å². The summed E-state index contributed by atoms with van der Waals surface area (Å²) < 4.78 is 11.9. The molecule has 0 saturated heterocycles. The van der Waals surface area contributed by atoms with Crippen LogP contribution in [0.3, 0.4) is 0 Å². The van der Waals surface area contributed by atoms with Crippen LogP contribution in [0.4, 0.5) is 0 Å². The van der Waals surface area contributed by atoms with Crippen LogP contribution in [-0.4, -0.2) is 49.3 Å². The van der Waals surface area contributed by atoms with Crippen molar-refractivity contribution in [2.24, 2.45) is 5.41 Å². The minimum absolute atomic E-state index is 0.0226. The predicted molar refractivity (Wildman–Crippen MR) is 120 cm³/mol. The fourth-order valence-corrected chi connectivity index (χ4v) is 6.26. The molecule has 2 amide bonds. The van der Waals surface area contributed by atoms with E-state index in [0.29, 0.717) is 19.3 Å². The predicted octanol–water partition coefficient (Wildman–Crippen LogP) is 4.01. The summed E-state index contributed by atoms with van der Waals surface area (Å²) in [6.07, 6.45) is 18.9. The molecule has 0 radical (unpaired) electrons. The number of rotatable bonds is 9. The van der Waals surface area contributed by atoms with E-state index in [2.05, 4.69) is 10.6 Å². The van der Waals surface area contributed by atoms with Gasteiger partial charge in [-0.15, -0.1) is 0 Å². The quantitative estimate of drug-likeness (QED) is 0.425. The molecule has 5 rings (SSSR count). The first-order valence-electron chi connectivity index (χ1n) is 12.9. The number of amides is 2. The summed E-state index contributed by atoms with van der Waals surface area (Å²) in [6, 6.07) is 0. The van der Waals surface area contributed by atoms with Gasteiger partial charge in [-0.25, -0.2) is 0 Å². The van der Waals surface area contributed by atoms with E-state index in [9.17, 15) is 9.59 Å². The van der Waals surface area contributed by atoms with Gasteiger partial charge < -0.3 is 20.1 Å². The lowest BCUT2D eigenvalue weighted by Crippen LogP contribution is -2.78. The van der Waals surface area contributed by atoms with Crippen molar-refractivity contribution in [1.29, 1.82) is 0 Å². The third-order valence-electron chi connectivity index (χ3n) is 7.96. The monoisotopic (exact) mass is 434 g/mol. The lowest BCUT2D eigenvalue weighted by Gasteiger charge is -2.69. The molecule has 0 unspecified atom stereocenters. The normalized spacial score (nSPS) is 32.0. The number of carbonyl (C=O) groups excluding carboxylic acids is 2. The number of hydrogen-bond acceptors (Lipinski definition) is 4. The second-order valence-corrected chi connectivity index (χ2v) is 10.7. The van der Waals surface area contributed by atoms with Gasteiger partial charge in [0.15, 0.2) is 0 Å². The topological polar surface area (TPSA) is 76.7 Å². The number of carbonyl (C=O) groups is 2. The Hall–Kier alpha value is -1.14. The van der Waals surface area contributed by atoms with Crippen molar-refractivity contribution in [2.75, 3.05) is 19.8 Å². The Morgan fingerprint density at radius 1 is 0.742 bits per heavy atom. The van der Waals surface area contributed by atoms with Crippen molar-refractivity contribution >= 4 is 11.8 Å². The molecule has 5 aliphatic carbocycles. The first-order chi connectivity index (χ1) is 15.1. The third-order valence-corrected chi connectivity index (χ3v) is 7.96. The second-order valence-electron chi connectivity index (χ2n) is 10.7. The average molecular weight is 435 g/mol. The van der Waals surface area contributed by atoms with E-state index < -0.39 is 0 Å². The second kappa shape index (κ2) is 10.7. The molecule has 2 N–H and O–H groups in total. The molecule has 176 valence electrons. The molecule has 0 heterocycles. The zero-order chi connectivity index (χ0) is 21.6. The first kappa shape index (κ1) is 23.0. The number of nitrogens with one attached hydrogen (secondary N) is 2. The largest absolute Gasteiger partial charge is 0.376 e. The highest BCUT2D eigenvalue weighted by Gasteiger charge is 2.72. The summed E-state index contributed by atoms with van der Waals surface area (Å²) in [7, 11) is 0. The van der Waals surface area contributed by atoms with Gasteiger partial charge in [0.25, 0.3) is 0 Å². The van der Waals surface area contributed by atoms with Crippen molar-refractivity contribution in [3.8, 4) is 0 Å². The van der Waals surface area contributed by atoms with Crippen LogP contribution in [0.1, 0.15) is 103 Å². The minimum atomic E-state index is -0.254. The number of hydrogen-bond donors (Lipinski definition) is 2. The van der Waals surface area contributed by atoms with E-state index in [1.54, 1.807) is 0 Å². The Balaban J connectivity index is 1.07. The van der Waals surface area contributed by atoms with E-state index in [4.69, 9.17) is 9.47 Å². The van der Waals surface area contributed by atoms with Gasteiger partial charge >= 0.3 is 0 Å². The molecule has 0 aromatic rings. The molecule has 0 spiro atoms. The molecule has 5 aliphatic rings. The molecule has 2 bridgehead atoms. The number of ether oxygens (including phenoxy) is 2. The van der Waals surface area contributed by atoms with Gasteiger partial charge in [0.1, 0.15) is 6.61 Å². The SMILES string of the molecule is O=C(COC1CCCCCC1)NC12CC(C(=O)NCCOC3CCCCCCC3)(C1)C2. The molecule has 5 fully saturated rings. The van der Waals surface area contributed by atoms with Crippen molar-refractivity contribution in [3.05, 3.63) is 0 Å². The van der Waals surface area contributed by atoms with Crippen molar-refractivity contribution in [3.63, 3.8) is 0 Å². The van der Waals surface area contributed by atoms with E-state index in [0.717, 1.165) is 44.9 Å². The van der Waals surface area contributed by atoms with Gasteiger partial charge in [-0.2, -0.15) is 0 Å². The molecule has 0 aromatic carbocycles. The van der Waals surface area contributed by atoms with Crippen LogP contribution < -0.4 is 10.6 Å². The highest BCUT2D eigenvalue weighted by molar-refractivity contribution is 5.88. The molecule has 31 heavy (non-hydrogen) atoms. The first-order valence-corrected chi connectivity index (χ1v) is 12.9. The lowest BCUT2D eigenvalue weighted by atomic mass is 9.39. The van der Waals surface area contributed by atoms with E-state index in [1.807, 2.05) is 0 Å². The molecular weight excluding hydrogens is 392 g/mol. The van der Waals surface area contributed by atoms with Crippen LogP contribution in [-0.2, 0) is 19.1 Å². The van der Waals surface area contributed by atoms with Gasteiger partial charge in [-0.05, 0) is 44.9 Å². The summed E-state index contributed by atoms with van der Waals surface area (Å²) in [5.41, 5.74) is -0.410. The van der Waals surface area contributed by atoms with Crippen molar-refractivity contribution in [2.45, 2.75) is 120 Å². The molecule has 0 aromatic heterocycles. The molecule has 5 saturated carbocycles. The van der Waals surface area contributed by atoms with Gasteiger partial charge in [0.05, 0.1) is 24.2 Å².